The summed E-state index contributed by atoms with van der Waals surface area (Å²) < 4.78 is 28.5. The molecule has 0 spiro atoms. The lowest BCUT2D eigenvalue weighted by atomic mass is 9.88. The molecule has 0 bridgehead atoms. The number of nitrogen functional groups attached to an aromatic ring is 1. The van der Waals surface area contributed by atoms with E-state index >= 15 is 0 Å². The molecule has 0 saturated heterocycles. The third kappa shape index (κ3) is 2.23. The molecular weight excluding hydrogens is 264 g/mol. The normalized spacial score (nSPS) is 16.5. The van der Waals surface area contributed by atoms with Crippen molar-refractivity contribution in [2.24, 2.45) is 0 Å². The summed E-state index contributed by atoms with van der Waals surface area (Å²) in [4.78, 5) is 0. The first-order chi connectivity index (χ1) is 9.66. The lowest BCUT2D eigenvalue weighted by molar-refractivity contribution is 0.421. The van der Waals surface area contributed by atoms with Gasteiger partial charge in [0, 0.05) is 12.0 Å². The topological polar surface area (TPSA) is 69.6 Å². The molecule has 0 atom stereocenters. The third-order valence-corrected chi connectivity index (χ3v) is 3.76. The lowest BCUT2D eigenvalue weighted by Crippen LogP contribution is -2.13. The summed E-state index contributed by atoms with van der Waals surface area (Å²) in [6.45, 7) is 0. The highest BCUT2D eigenvalue weighted by atomic mass is 19.1. The number of nitrogens with zero attached hydrogens (tertiary/aromatic N) is 4. The second kappa shape index (κ2) is 5.15. The van der Waals surface area contributed by atoms with Crippen molar-refractivity contribution in [3.63, 3.8) is 0 Å². The van der Waals surface area contributed by atoms with Crippen LogP contribution in [0.4, 0.5) is 14.5 Å². The largest absolute Gasteiger partial charge is 0.396 e. The molecule has 2 aromatic rings. The highest BCUT2D eigenvalue weighted by Crippen LogP contribution is 2.32. The van der Waals surface area contributed by atoms with Gasteiger partial charge in [0.05, 0.1) is 5.69 Å². The van der Waals surface area contributed by atoms with E-state index in [1.54, 1.807) is 0 Å². The highest BCUT2D eigenvalue weighted by molar-refractivity contribution is 5.49. The van der Waals surface area contributed by atoms with Gasteiger partial charge in [-0.25, -0.2) is 8.78 Å². The van der Waals surface area contributed by atoms with Gasteiger partial charge < -0.3 is 5.73 Å². The van der Waals surface area contributed by atoms with Crippen LogP contribution in [0, 0.1) is 11.6 Å². The minimum absolute atomic E-state index is 0.0921. The summed E-state index contributed by atoms with van der Waals surface area (Å²) in [7, 11) is 0. The molecule has 1 saturated carbocycles. The van der Waals surface area contributed by atoms with Gasteiger partial charge in [0.2, 0.25) is 0 Å². The molecule has 0 unspecified atom stereocenters. The Hall–Kier alpha value is -2.05. The monoisotopic (exact) mass is 279 g/mol. The number of benzene rings is 1. The maximum atomic E-state index is 13.9. The summed E-state index contributed by atoms with van der Waals surface area (Å²) in [5, 5.41) is 11.5. The van der Waals surface area contributed by atoms with Crippen molar-refractivity contribution in [3.05, 3.63) is 29.6 Å². The van der Waals surface area contributed by atoms with Gasteiger partial charge >= 0.3 is 0 Å². The average molecular weight is 279 g/mol. The molecular formula is C13H15F2N5. The molecule has 0 amide bonds. The van der Waals surface area contributed by atoms with Crippen molar-refractivity contribution >= 4 is 5.69 Å². The van der Waals surface area contributed by atoms with Crippen molar-refractivity contribution < 1.29 is 8.78 Å². The van der Waals surface area contributed by atoms with Gasteiger partial charge in [0.25, 0.3) is 0 Å². The second-order valence-corrected chi connectivity index (χ2v) is 5.11. The fraction of sp³-hybridized carbons (Fsp3) is 0.462. The molecule has 1 fully saturated rings. The predicted octanol–water partition coefficient (Wildman–Crippen LogP) is 2.57. The Morgan fingerprint density at radius 1 is 1.10 bits per heavy atom. The Morgan fingerprint density at radius 2 is 1.85 bits per heavy atom. The Labute approximate surface area is 114 Å². The average Bonchev–Trinajstić information content (AvgIpc) is 2.93. The summed E-state index contributed by atoms with van der Waals surface area (Å²) in [6, 6.07) is 1.99. The first-order valence-corrected chi connectivity index (χ1v) is 6.70. The number of hydrogen-bond acceptors (Lipinski definition) is 4. The van der Waals surface area contributed by atoms with Gasteiger partial charge in [-0.3, -0.25) is 0 Å². The van der Waals surface area contributed by atoms with Crippen LogP contribution in [-0.2, 0) is 0 Å². The van der Waals surface area contributed by atoms with Crippen LogP contribution in [0.25, 0.3) is 5.69 Å². The maximum absolute atomic E-state index is 13.9. The van der Waals surface area contributed by atoms with E-state index in [9.17, 15) is 8.78 Å². The quantitative estimate of drug-likeness (QED) is 0.858. The number of tetrazole rings is 1. The van der Waals surface area contributed by atoms with Gasteiger partial charge in [0.1, 0.15) is 11.5 Å². The molecule has 1 aliphatic carbocycles. The molecule has 20 heavy (non-hydrogen) atoms. The Balaban J connectivity index is 2.03. The fourth-order valence-corrected chi connectivity index (χ4v) is 2.70. The third-order valence-electron chi connectivity index (χ3n) is 3.76. The van der Waals surface area contributed by atoms with E-state index in [2.05, 4.69) is 15.5 Å². The molecule has 1 aromatic carbocycles. The van der Waals surface area contributed by atoms with Gasteiger partial charge in [0.15, 0.2) is 11.6 Å². The lowest BCUT2D eigenvalue weighted by Gasteiger charge is -2.20. The van der Waals surface area contributed by atoms with E-state index in [0.29, 0.717) is 5.82 Å². The summed E-state index contributed by atoms with van der Waals surface area (Å²) in [5.74, 6) is -0.668. The molecule has 3 rings (SSSR count). The molecule has 106 valence electrons. The number of anilines is 1. The van der Waals surface area contributed by atoms with Crippen molar-refractivity contribution in [3.8, 4) is 5.69 Å². The van der Waals surface area contributed by atoms with E-state index in [1.807, 2.05) is 0 Å². The molecule has 2 N–H and O–H groups in total. The van der Waals surface area contributed by atoms with Crippen molar-refractivity contribution in [2.75, 3.05) is 5.73 Å². The number of hydrogen-bond donors (Lipinski definition) is 1. The zero-order valence-electron chi connectivity index (χ0n) is 10.9. The van der Waals surface area contributed by atoms with Gasteiger partial charge in [-0.05, 0) is 29.3 Å². The highest BCUT2D eigenvalue weighted by Gasteiger charge is 2.24. The van der Waals surface area contributed by atoms with E-state index in [-0.39, 0.29) is 17.3 Å². The molecule has 0 aliphatic heterocycles. The first kappa shape index (κ1) is 13.0. The van der Waals surface area contributed by atoms with E-state index in [4.69, 9.17) is 5.73 Å². The molecule has 1 aromatic heterocycles. The van der Waals surface area contributed by atoms with Crippen LogP contribution >= 0.6 is 0 Å². The van der Waals surface area contributed by atoms with Crippen LogP contribution < -0.4 is 5.73 Å². The molecule has 1 heterocycles. The SMILES string of the molecule is Nc1cc(-n2nnnc2C2CCCCC2)c(F)cc1F. The summed E-state index contributed by atoms with van der Waals surface area (Å²) in [5.41, 5.74) is 5.47. The standard InChI is InChI=1S/C13H15F2N5/c14-9-6-10(15)12(7-11(9)16)20-13(17-18-19-20)8-4-2-1-3-5-8/h6-8H,1-5,16H2. The minimum Gasteiger partial charge on any atom is -0.396 e. The van der Waals surface area contributed by atoms with Gasteiger partial charge in [-0.1, -0.05) is 19.3 Å². The van der Waals surface area contributed by atoms with Crippen LogP contribution in [0.15, 0.2) is 12.1 Å². The minimum atomic E-state index is -0.779. The van der Waals surface area contributed by atoms with Crippen LogP contribution in [0.5, 0.6) is 0 Å². The van der Waals surface area contributed by atoms with E-state index < -0.39 is 11.6 Å². The van der Waals surface area contributed by atoms with Crippen LogP contribution in [0.2, 0.25) is 0 Å². The van der Waals surface area contributed by atoms with Crippen LogP contribution in [0.3, 0.4) is 0 Å². The van der Waals surface area contributed by atoms with E-state index in [1.165, 1.54) is 17.2 Å². The van der Waals surface area contributed by atoms with Crippen LogP contribution in [0.1, 0.15) is 43.8 Å². The smallest absolute Gasteiger partial charge is 0.159 e. The fourth-order valence-electron chi connectivity index (χ4n) is 2.70. The predicted molar refractivity (Wildman–Crippen MR) is 69.3 cm³/mol. The number of nitrogens with two attached hydrogens (primary N) is 1. The molecule has 0 radical (unpaired) electrons. The summed E-state index contributed by atoms with van der Waals surface area (Å²) >= 11 is 0. The van der Waals surface area contributed by atoms with Crippen molar-refractivity contribution in [1.29, 1.82) is 0 Å². The Bertz CT molecular complexity index is 619. The Kier molecular flexibility index (Phi) is 3.33. The number of aromatic nitrogens is 4. The van der Waals surface area contributed by atoms with Crippen LogP contribution in [-0.4, -0.2) is 20.2 Å². The number of halogens is 2. The summed E-state index contributed by atoms with van der Waals surface area (Å²) in [6.07, 6.45) is 5.41. The van der Waals surface area contributed by atoms with Crippen molar-refractivity contribution in [2.45, 2.75) is 38.0 Å². The van der Waals surface area contributed by atoms with Gasteiger partial charge in [-0.15, -0.1) is 5.10 Å². The van der Waals surface area contributed by atoms with Gasteiger partial charge in [-0.2, -0.15) is 4.68 Å². The number of rotatable bonds is 2. The first-order valence-electron chi connectivity index (χ1n) is 6.70. The molecule has 5 nitrogen and oxygen atoms in total. The molecule has 7 heteroatoms. The maximum Gasteiger partial charge on any atom is 0.159 e. The van der Waals surface area contributed by atoms with E-state index in [0.717, 1.165) is 31.7 Å². The second-order valence-electron chi connectivity index (χ2n) is 5.11. The Morgan fingerprint density at radius 3 is 2.60 bits per heavy atom. The zero-order chi connectivity index (χ0) is 14.1. The van der Waals surface area contributed by atoms with Crippen molar-refractivity contribution in [1.82, 2.24) is 20.2 Å². The zero-order valence-corrected chi connectivity index (χ0v) is 10.9. The molecule has 1 aliphatic rings.